The molecule has 58 heavy (non-hydrogen) atoms. The van der Waals surface area contributed by atoms with Gasteiger partial charge >= 0.3 is 6.03 Å². The number of carbonyl (C=O) groups is 3. The lowest BCUT2D eigenvalue weighted by atomic mass is 9.93. The number of benzene rings is 1. The molecule has 3 N–H and O–H groups in total. The van der Waals surface area contributed by atoms with Crippen molar-refractivity contribution in [1.29, 1.82) is 0 Å². The SMILES string of the molecule is COc1ccc(Cn2nnnc2C=Cc2c(N3CCC(CC(=O)NCCNC(=O)[N+](C)(C)C)CC3)nc3cc(C(=O)Nc4nc(C(C)(C)C)cs4)ccn3c2=O)cc1. The van der Waals surface area contributed by atoms with E-state index in [1.165, 1.54) is 15.7 Å². The Morgan fingerprint density at radius 1 is 1.00 bits per heavy atom. The van der Waals surface area contributed by atoms with Crippen molar-refractivity contribution in [3.63, 3.8) is 0 Å². The molecule has 5 aromatic rings. The van der Waals surface area contributed by atoms with E-state index >= 15 is 0 Å². The van der Waals surface area contributed by atoms with Crippen LogP contribution in [-0.4, -0.2) is 111 Å². The molecule has 0 radical (unpaired) electrons. The van der Waals surface area contributed by atoms with Crippen LogP contribution in [-0.2, 0) is 16.8 Å². The monoisotopic (exact) mass is 811 g/mol. The highest BCUT2D eigenvalue weighted by Gasteiger charge is 2.26. The molecule has 6 rings (SSSR count). The molecular weight excluding hydrogens is 761 g/mol. The van der Waals surface area contributed by atoms with Crippen LogP contribution in [0.15, 0.2) is 52.8 Å². The number of ether oxygens (including phenoxy) is 1. The number of nitrogens with one attached hydrogen (secondary N) is 3. The molecule has 18 heteroatoms. The predicted molar refractivity (Wildman–Crippen MR) is 223 cm³/mol. The molecule has 0 aliphatic carbocycles. The van der Waals surface area contributed by atoms with Crippen LogP contribution in [0.25, 0.3) is 17.8 Å². The van der Waals surface area contributed by atoms with E-state index in [4.69, 9.17) is 9.72 Å². The van der Waals surface area contributed by atoms with Gasteiger partial charge in [-0.05, 0) is 71.2 Å². The first-order valence-electron chi connectivity index (χ1n) is 19.1. The van der Waals surface area contributed by atoms with Gasteiger partial charge in [-0.3, -0.25) is 24.1 Å². The Labute approximate surface area is 340 Å². The number of fused-ring (bicyclic) bond motifs is 1. The van der Waals surface area contributed by atoms with Crippen LogP contribution in [0.5, 0.6) is 5.75 Å². The number of hydrogen-bond acceptors (Lipinski definition) is 12. The summed E-state index contributed by atoms with van der Waals surface area (Å²) in [4.78, 5) is 64.2. The van der Waals surface area contributed by atoms with Crippen molar-refractivity contribution in [2.45, 2.75) is 52.0 Å². The standard InChI is InChI=1S/C40H50N12O5S/c1-40(2,3)31-25-58-38(43-31)45-36(54)28-16-21-50-33(23-28)44-35(49-19-14-26(15-20-49)22-34(53)41-17-18-42-39(56)52(4,5)6)30(37(50)55)12-13-32-46-47-48-51(32)24-27-8-10-29(57-7)11-9-27/h8-13,16,21,23,25-26H,14-15,17-20,22,24H2,1-7H3,(H2-,41,42,43,45,53,54,56)/p+1. The quantitative estimate of drug-likeness (QED) is 0.115. The van der Waals surface area contributed by atoms with Crippen molar-refractivity contribution in [3.8, 4) is 5.75 Å². The summed E-state index contributed by atoms with van der Waals surface area (Å²) in [5.74, 6) is 1.32. The second-order valence-corrected chi connectivity index (χ2v) is 17.0. The van der Waals surface area contributed by atoms with Gasteiger partial charge in [0.1, 0.15) is 17.2 Å². The van der Waals surface area contributed by atoms with E-state index < -0.39 is 0 Å². The first-order valence-corrected chi connectivity index (χ1v) is 20.0. The maximum atomic E-state index is 14.3. The summed E-state index contributed by atoms with van der Waals surface area (Å²) in [5.41, 5.74) is 2.32. The fraction of sp³-hybridized carbons (Fsp3) is 0.425. The average Bonchev–Trinajstić information content (AvgIpc) is 3.85. The largest absolute Gasteiger partial charge is 0.497 e. The number of nitrogens with zero attached hydrogens (tertiary/aromatic N) is 9. The third kappa shape index (κ3) is 10.3. The summed E-state index contributed by atoms with van der Waals surface area (Å²) in [6, 6.07) is 10.6. The van der Waals surface area contributed by atoms with Crippen LogP contribution < -0.4 is 31.1 Å². The fourth-order valence-corrected chi connectivity index (χ4v) is 7.24. The highest BCUT2D eigenvalue weighted by atomic mass is 32.1. The zero-order valence-electron chi connectivity index (χ0n) is 34.0. The lowest BCUT2D eigenvalue weighted by molar-refractivity contribution is -0.787. The van der Waals surface area contributed by atoms with Crippen molar-refractivity contribution in [2.24, 2.45) is 5.92 Å². The summed E-state index contributed by atoms with van der Waals surface area (Å²) in [6.07, 6.45) is 6.67. The van der Waals surface area contributed by atoms with Crippen LogP contribution in [0.3, 0.4) is 0 Å². The number of pyridine rings is 1. The van der Waals surface area contributed by atoms with E-state index in [2.05, 4.69) is 57.2 Å². The molecule has 1 aliphatic heterocycles. The first-order chi connectivity index (χ1) is 27.6. The number of quaternary nitrogens is 1. The molecule has 1 fully saturated rings. The van der Waals surface area contributed by atoms with Gasteiger partial charge in [-0.1, -0.05) is 32.9 Å². The van der Waals surface area contributed by atoms with Crippen LogP contribution in [0.2, 0.25) is 0 Å². The Morgan fingerprint density at radius 3 is 2.40 bits per heavy atom. The van der Waals surface area contributed by atoms with Gasteiger partial charge in [-0.2, -0.15) is 0 Å². The first kappa shape index (κ1) is 41.6. The van der Waals surface area contributed by atoms with E-state index in [1.807, 2.05) is 34.5 Å². The van der Waals surface area contributed by atoms with Gasteiger partial charge in [0.2, 0.25) is 5.91 Å². The van der Waals surface area contributed by atoms with Gasteiger partial charge in [0.05, 0.1) is 46.1 Å². The van der Waals surface area contributed by atoms with E-state index in [0.29, 0.717) is 85.5 Å². The van der Waals surface area contributed by atoms with Gasteiger partial charge in [0.25, 0.3) is 11.5 Å². The van der Waals surface area contributed by atoms with Crippen molar-refractivity contribution >= 4 is 57.9 Å². The molecule has 5 heterocycles. The molecule has 0 atom stereocenters. The Morgan fingerprint density at radius 2 is 1.72 bits per heavy atom. The summed E-state index contributed by atoms with van der Waals surface area (Å²) in [7, 11) is 6.95. The Bertz CT molecular complexity index is 2350. The molecule has 1 aromatic carbocycles. The normalized spacial score (nSPS) is 13.9. The maximum Gasteiger partial charge on any atom is 0.416 e. The van der Waals surface area contributed by atoms with E-state index in [-0.39, 0.29) is 39.2 Å². The minimum absolute atomic E-state index is 0.0748. The molecule has 4 amide bonds. The second kappa shape index (κ2) is 17.6. The van der Waals surface area contributed by atoms with Gasteiger partial charge in [-0.25, -0.2) is 23.9 Å². The number of aromatic nitrogens is 7. The lowest BCUT2D eigenvalue weighted by Gasteiger charge is -2.33. The summed E-state index contributed by atoms with van der Waals surface area (Å²) >= 11 is 1.36. The third-order valence-electron chi connectivity index (χ3n) is 9.77. The van der Waals surface area contributed by atoms with Gasteiger partial charge in [-0.15, -0.1) is 16.4 Å². The average molecular weight is 812 g/mol. The molecule has 0 spiro atoms. The molecule has 306 valence electrons. The van der Waals surface area contributed by atoms with Gasteiger partial charge < -0.3 is 20.3 Å². The summed E-state index contributed by atoms with van der Waals surface area (Å²) in [6.45, 7) is 8.37. The predicted octanol–water partition coefficient (Wildman–Crippen LogP) is 4.05. The zero-order valence-corrected chi connectivity index (χ0v) is 34.8. The summed E-state index contributed by atoms with van der Waals surface area (Å²) < 4.78 is 8.48. The van der Waals surface area contributed by atoms with Crippen LogP contribution in [0.1, 0.15) is 73.0 Å². The molecule has 1 saturated heterocycles. The number of carbonyl (C=O) groups excluding carboxylic acids is 3. The lowest BCUT2D eigenvalue weighted by Crippen LogP contribution is -2.49. The molecule has 4 aromatic heterocycles. The van der Waals surface area contributed by atoms with Crippen LogP contribution in [0, 0.1) is 5.92 Å². The maximum absolute atomic E-state index is 14.3. The number of urea groups is 1. The second-order valence-electron chi connectivity index (χ2n) is 16.1. The third-order valence-corrected chi connectivity index (χ3v) is 10.5. The molecule has 0 saturated carbocycles. The number of thiazole rings is 1. The molecule has 1 aliphatic rings. The number of piperidine rings is 1. The summed E-state index contributed by atoms with van der Waals surface area (Å²) in [5, 5.41) is 23.3. The zero-order chi connectivity index (χ0) is 41.6. The smallest absolute Gasteiger partial charge is 0.416 e. The minimum Gasteiger partial charge on any atom is -0.497 e. The van der Waals surface area contributed by atoms with E-state index in [1.54, 1.807) is 63.4 Å². The Balaban J connectivity index is 1.22. The Kier molecular flexibility index (Phi) is 12.7. The van der Waals surface area contributed by atoms with Crippen LogP contribution in [0.4, 0.5) is 15.7 Å². The van der Waals surface area contributed by atoms with Gasteiger partial charge in [0.15, 0.2) is 11.0 Å². The van der Waals surface area contributed by atoms with E-state index in [9.17, 15) is 19.2 Å². The van der Waals surface area contributed by atoms with Crippen molar-refractivity contribution < 1.29 is 23.6 Å². The molecule has 0 unspecified atom stereocenters. The number of rotatable bonds is 13. The number of hydrogen-bond donors (Lipinski definition) is 3. The van der Waals surface area contributed by atoms with Crippen molar-refractivity contribution in [3.05, 3.63) is 86.5 Å². The molecular formula is C40H51N12O5S+. The fourth-order valence-electron chi connectivity index (χ4n) is 6.31. The van der Waals surface area contributed by atoms with Crippen molar-refractivity contribution in [1.82, 2.24) is 45.2 Å². The molecule has 17 nitrogen and oxygen atoms in total. The van der Waals surface area contributed by atoms with Crippen LogP contribution >= 0.6 is 11.3 Å². The van der Waals surface area contributed by atoms with Gasteiger partial charge in [0, 0.05) is 55.2 Å². The Hall–Kier alpha value is -6.01. The number of tetrazole rings is 1. The molecule has 0 bridgehead atoms. The topological polar surface area (TPSA) is 191 Å². The number of methoxy groups -OCH3 is 1. The highest BCUT2D eigenvalue weighted by molar-refractivity contribution is 7.14. The number of amides is 4. The van der Waals surface area contributed by atoms with E-state index in [0.717, 1.165) is 17.0 Å². The van der Waals surface area contributed by atoms with Crippen molar-refractivity contribution in [2.75, 3.05) is 64.6 Å². The highest BCUT2D eigenvalue weighted by Crippen LogP contribution is 2.29. The number of anilines is 2. The minimum atomic E-state index is -0.365.